The second kappa shape index (κ2) is 6.51. The lowest BCUT2D eigenvalue weighted by atomic mass is 10.0. The zero-order valence-corrected chi connectivity index (χ0v) is 15.3. The van der Waals surface area contributed by atoms with Crippen molar-refractivity contribution in [3.05, 3.63) is 35.5 Å². The van der Waals surface area contributed by atoms with E-state index in [9.17, 15) is 13.2 Å². The Morgan fingerprint density at radius 2 is 2.19 bits per heavy atom. The zero-order chi connectivity index (χ0) is 18.3. The van der Waals surface area contributed by atoms with E-state index in [1.807, 2.05) is 0 Å². The number of carbonyl (C=O) groups is 1. The molecule has 0 aliphatic carbocycles. The van der Waals surface area contributed by atoms with Gasteiger partial charge in [0.2, 0.25) is 0 Å². The van der Waals surface area contributed by atoms with Crippen molar-refractivity contribution in [2.45, 2.75) is 36.5 Å². The van der Waals surface area contributed by atoms with Crippen molar-refractivity contribution < 1.29 is 22.7 Å². The highest BCUT2D eigenvalue weighted by Gasteiger charge is 2.37. The first-order chi connectivity index (χ1) is 12.5. The SMILES string of the molecule is CCOC(=O)c1nn(C2CCCOC2)c2c1CS(=O)(=O)c1ccccc1-2. The van der Waals surface area contributed by atoms with Crippen LogP contribution in [0.15, 0.2) is 29.2 Å². The monoisotopic (exact) mass is 376 g/mol. The van der Waals surface area contributed by atoms with Crippen LogP contribution < -0.4 is 0 Å². The molecule has 1 unspecified atom stereocenters. The van der Waals surface area contributed by atoms with Gasteiger partial charge >= 0.3 is 5.97 Å². The van der Waals surface area contributed by atoms with Crippen molar-refractivity contribution in [1.29, 1.82) is 0 Å². The third-order valence-electron chi connectivity index (χ3n) is 4.77. The predicted octanol–water partition coefficient (Wildman–Crippen LogP) is 2.37. The quantitative estimate of drug-likeness (QED) is 0.764. The molecular formula is C18H20N2O5S. The van der Waals surface area contributed by atoms with Gasteiger partial charge < -0.3 is 9.47 Å². The highest BCUT2D eigenvalue weighted by molar-refractivity contribution is 7.90. The normalized spacial score (nSPS) is 20.9. The maximum Gasteiger partial charge on any atom is 0.359 e. The molecule has 1 aromatic carbocycles. The summed E-state index contributed by atoms with van der Waals surface area (Å²) in [5.41, 5.74) is 1.79. The van der Waals surface area contributed by atoms with Gasteiger partial charge in [-0.3, -0.25) is 4.68 Å². The summed E-state index contributed by atoms with van der Waals surface area (Å²) >= 11 is 0. The van der Waals surface area contributed by atoms with Gasteiger partial charge in [-0.15, -0.1) is 0 Å². The Balaban J connectivity index is 1.95. The van der Waals surface area contributed by atoms with Crippen LogP contribution in [0.4, 0.5) is 0 Å². The van der Waals surface area contributed by atoms with Crippen LogP contribution in [0.3, 0.4) is 0 Å². The molecule has 0 saturated carbocycles. The van der Waals surface area contributed by atoms with Gasteiger partial charge in [-0.2, -0.15) is 5.10 Å². The van der Waals surface area contributed by atoms with E-state index in [4.69, 9.17) is 9.47 Å². The van der Waals surface area contributed by atoms with Crippen LogP contribution >= 0.6 is 0 Å². The van der Waals surface area contributed by atoms with Crippen LogP contribution in [0.5, 0.6) is 0 Å². The minimum absolute atomic E-state index is 0.0328. The van der Waals surface area contributed by atoms with Crippen LogP contribution in [0.2, 0.25) is 0 Å². The molecule has 1 aromatic heterocycles. The van der Waals surface area contributed by atoms with E-state index in [1.165, 1.54) is 0 Å². The Morgan fingerprint density at radius 1 is 1.38 bits per heavy atom. The average molecular weight is 376 g/mol. The first-order valence-electron chi connectivity index (χ1n) is 8.71. The molecule has 1 fully saturated rings. The number of benzene rings is 1. The molecule has 8 heteroatoms. The predicted molar refractivity (Wildman–Crippen MR) is 93.6 cm³/mol. The van der Waals surface area contributed by atoms with Crippen molar-refractivity contribution in [3.63, 3.8) is 0 Å². The van der Waals surface area contributed by atoms with E-state index in [2.05, 4.69) is 5.10 Å². The molecule has 0 radical (unpaired) electrons. The number of fused-ring (bicyclic) bond motifs is 3. The molecule has 1 saturated heterocycles. The van der Waals surface area contributed by atoms with E-state index in [0.29, 0.717) is 30.0 Å². The van der Waals surface area contributed by atoms with Gasteiger partial charge in [-0.05, 0) is 25.8 Å². The van der Waals surface area contributed by atoms with E-state index < -0.39 is 15.8 Å². The third kappa shape index (κ3) is 2.73. The molecular weight excluding hydrogens is 356 g/mol. The largest absolute Gasteiger partial charge is 0.461 e. The minimum atomic E-state index is -3.54. The lowest BCUT2D eigenvalue weighted by Gasteiger charge is -2.26. The fourth-order valence-electron chi connectivity index (χ4n) is 3.64. The smallest absolute Gasteiger partial charge is 0.359 e. The first kappa shape index (κ1) is 17.2. The number of nitrogens with zero attached hydrogens (tertiary/aromatic N) is 2. The number of aromatic nitrogens is 2. The summed E-state index contributed by atoms with van der Waals surface area (Å²) in [5.74, 6) is -0.838. The fourth-order valence-corrected chi connectivity index (χ4v) is 5.23. The molecule has 26 heavy (non-hydrogen) atoms. The maximum atomic E-state index is 12.7. The number of hydrogen-bond acceptors (Lipinski definition) is 6. The second-order valence-corrected chi connectivity index (χ2v) is 8.43. The van der Waals surface area contributed by atoms with Crippen LogP contribution in [-0.2, 0) is 25.1 Å². The summed E-state index contributed by atoms with van der Waals surface area (Å²) in [6.45, 7) is 3.11. The number of hydrogen-bond donors (Lipinski definition) is 0. The van der Waals surface area contributed by atoms with Crippen LogP contribution in [0, 0.1) is 0 Å². The van der Waals surface area contributed by atoms with Gasteiger partial charge in [0.15, 0.2) is 15.5 Å². The zero-order valence-electron chi connectivity index (χ0n) is 14.5. The molecule has 3 heterocycles. The van der Waals surface area contributed by atoms with Gasteiger partial charge in [0.05, 0.1) is 35.6 Å². The number of carbonyl (C=O) groups excluding carboxylic acids is 1. The highest BCUT2D eigenvalue weighted by Crippen LogP contribution is 2.41. The molecule has 4 rings (SSSR count). The Hall–Kier alpha value is -2.19. The van der Waals surface area contributed by atoms with Gasteiger partial charge in [0, 0.05) is 17.7 Å². The summed E-state index contributed by atoms with van der Waals surface area (Å²) in [5, 5.41) is 4.50. The van der Waals surface area contributed by atoms with Crippen molar-refractivity contribution in [2.75, 3.05) is 19.8 Å². The van der Waals surface area contributed by atoms with Crippen LogP contribution in [0.25, 0.3) is 11.3 Å². The molecule has 0 bridgehead atoms. The summed E-state index contributed by atoms with van der Waals surface area (Å²) < 4.78 is 37.9. The van der Waals surface area contributed by atoms with Crippen molar-refractivity contribution in [3.8, 4) is 11.3 Å². The standard InChI is InChI=1S/C18H20N2O5S/c1-2-25-18(21)16-14-11-26(22,23)15-8-4-3-7-13(15)17(14)20(19-16)12-6-5-9-24-10-12/h3-4,7-8,12H,2,5-6,9-11H2,1H3. The minimum Gasteiger partial charge on any atom is -0.461 e. The van der Waals surface area contributed by atoms with Crippen LogP contribution in [-0.4, -0.2) is 44.0 Å². The maximum absolute atomic E-state index is 12.7. The molecule has 0 amide bonds. The fraction of sp³-hybridized carbons (Fsp3) is 0.444. The molecule has 7 nitrogen and oxygen atoms in total. The number of sulfone groups is 1. The summed E-state index contributed by atoms with van der Waals surface area (Å²) in [6.07, 6.45) is 1.76. The molecule has 2 aromatic rings. The lowest BCUT2D eigenvalue weighted by Crippen LogP contribution is -2.24. The molecule has 2 aliphatic rings. The Bertz CT molecular complexity index is 958. The molecule has 138 valence electrons. The first-order valence-corrected chi connectivity index (χ1v) is 10.4. The third-order valence-corrected chi connectivity index (χ3v) is 6.47. The van der Waals surface area contributed by atoms with Gasteiger partial charge in [0.1, 0.15) is 0 Å². The molecule has 0 spiro atoms. The summed E-state index contributed by atoms with van der Waals surface area (Å²) in [7, 11) is -3.54. The van der Waals surface area contributed by atoms with E-state index in [-0.39, 0.29) is 29.0 Å². The highest BCUT2D eigenvalue weighted by atomic mass is 32.2. The molecule has 0 N–H and O–H groups in total. The average Bonchev–Trinajstić information content (AvgIpc) is 3.01. The Kier molecular flexibility index (Phi) is 4.32. The van der Waals surface area contributed by atoms with Gasteiger partial charge in [-0.1, -0.05) is 18.2 Å². The van der Waals surface area contributed by atoms with Crippen molar-refractivity contribution >= 4 is 15.8 Å². The Morgan fingerprint density at radius 3 is 2.92 bits per heavy atom. The van der Waals surface area contributed by atoms with Crippen LogP contribution in [0.1, 0.15) is 41.9 Å². The number of ether oxygens (including phenoxy) is 2. The van der Waals surface area contributed by atoms with E-state index in [1.54, 1.807) is 35.9 Å². The molecule has 2 aliphatic heterocycles. The topological polar surface area (TPSA) is 87.5 Å². The Labute approximate surface area is 151 Å². The van der Waals surface area contributed by atoms with E-state index >= 15 is 0 Å². The van der Waals surface area contributed by atoms with Crippen molar-refractivity contribution in [2.24, 2.45) is 0 Å². The molecule has 1 atom stereocenters. The number of rotatable bonds is 3. The van der Waals surface area contributed by atoms with Crippen molar-refractivity contribution in [1.82, 2.24) is 9.78 Å². The summed E-state index contributed by atoms with van der Waals surface area (Å²) in [4.78, 5) is 12.7. The second-order valence-electron chi connectivity index (χ2n) is 6.47. The lowest BCUT2D eigenvalue weighted by molar-refractivity contribution is 0.0494. The summed E-state index contributed by atoms with van der Waals surface area (Å²) in [6, 6.07) is 6.84. The van der Waals surface area contributed by atoms with Gasteiger partial charge in [0.25, 0.3) is 0 Å². The van der Waals surface area contributed by atoms with Gasteiger partial charge in [-0.25, -0.2) is 13.2 Å². The number of esters is 1. The van der Waals surface area contributed by atoms with E-state index in [0.717, 1.165) is 12.8 Å².